The van der Waals surface area contributed by atoms with Crippen LogP contribution in [0.1, 0.15) is 25.0 Å². The molecule has 2 aromatic carbocycles. The van der Waals surface area contributed by atoms with Gasteiger partial charge in [-0.2, -0.15) is 0 Å². The van der Waals surface area contributed by atoms with E-state index in [0.29, 0.717) is 34.6 Å². The van der Waals surface area contributed by atoms with Gasteiger partial charge in [0, 0.05) is 28.9 Å². The molecule has 8 heteroatoms. The smallest absolute Gasteiger partial charge is 0.242 e. The Hall–Kier alpha value is -1.89. The largest absolute Gasteiger partial charge is 0.497 e. The molecule has 2 aromatic rings. The Morgan fingerprint density at radius 2 is 1.97 bits per heavy atom. The van der Waals surface area contributed by atoms with Gasteiger partial charge in [-0.1, -0.05) is 41.4 Å². The summed E-state index contributed by atoms with van der Waals surface area (Å²) in [6, 6.07) is 12.2. The lowest BCUT2D eigenvalue weighted by Crippen LogP contribution is -2.48. The number of nitrogens with one attached hydrogen (secondary N) is 1. The van der Waals surface area contributed by atoms with E-state index in [1.807, 2.05) is 37.3 Å². The topological polar surface area (TPSA) is 58.6 Å². The van der Waals surface area contributed by atoms with E-state index in [1.54, 1.807) is 31.1 Å². The molecule has 1 atom stereocenters. The summed E-state index contributed by atoms with van der Waals surface area (Å²) in [5.74, 6) is 1.21. The van der Waals surface area contributed by atoms with E-state index >= 15 is 0 Å². The molecular formula is C22H26Cl2N2O3S. The van der Waals surface area contributed by atoms with Crippen LogP contribution >= 0.6 is 35.0 Å². The number of amides is 2. The van der Waals surface area contributed by atoms with Gasteiger partial charge in [0.25, 0.3) is 0 Å². The summed E-state index contributed by atoms with van der Waals surface area (Å²) in [7, 11) is 1.60. The first-order valence-electron chi connectivity index (χ1n) is 9.57. The second-order valence-electron chi connectivity index (χ2n) is 6.67. The minimum atomic E-state index is -0.594. The molecule has 0 aliphatic rings. The van der Waals surface area contributed by atoms with Crippen LogP contribution in [-0.4, -0.2) is 42.2 Å². The number of halogens is 2. The predicted octanol–water partition coefficient (Wildman–Crippen LogP) is 4.79. The summed E-state index contributed by atoms with van der Waals surface area (Å²) >= 11 is 13.6. The number of carbonyl (C=O) groups excluding carboxylic acids is 2. The normalized spacial score (nSPS) is 11.6. The maximum Gasteiger partial charge on any atom is 0.242 e. The zero-order chi connectivity index (χ0) is 22.1. The molecule has 2 amide bonds. The SMILES string of the molecule is CCNC(=O)[C@H](C)N(Cc1cccc(OC)c1)C(=O)CSCc1ccc(Cl)cc1Cl. The molecule has 0 radical (unpaired) electrons. The highest BCUT2D eigenvalue weighted by Gasteiger charge is 2.25. The van der Waals surface area contributed by atoms with E-state index in [-0.39, 0.29) is 17.6 Å². The number of hydrogen-bond donors (Lipinski definition) is 1. The molecule has 2 rings (SSSR count). The molecule has 0 fully saturated rings. The summed E-state index contributed by atoms with van der Waals surface area (Å²) in [5.41, 5.74) is 1.81. The van der Waals surface area contributed by atoms with Crippen molar-refractivity contribution in [3.63, 3.8) is 0 Å². The van der Waals surface area contributed by atoms with Crippen LogP contribution in [0.3, 0.4) is 0 Å². The minimum absolute atomic E-state index is 0.119. The number of carbonyl (C=O) groups is 2. The van der Waals surface area contributed by atoms with E-state index in [0.717, 1.165) is 11.1 Å². The Morgan fingerprint density at radius 3 is 2.63 bits per heavy atom. The van der Waals surface area contributed by atoms with Crippen LogP contribution in [0.4, 0.5) is 0 Å². The van der Waals surface area contributed by atoms with Crippen molar-refractivity contribution in [1.82, 2.24) is 10.2 Å². The van der Waals surface area contributed by atoms with Crippen molar-refractivity contribution in [2.45, 2.75) is 32.2 Å². The first-order valence-corrected chi connectivity index (χ1v) is 11.5. The highest BCUT2D eigenvalue weighted by molar-refractivity contribution is 7.99. The average molecular weight is 469 g/mol. The van der Waals surface area contributed by atoms with Crippen molar-refractivity contribution in [3.8, 4) is 5.75 Å². The van der Waals surface area contributed by atoms with E-state index in [1.165, 1.54) is 11.8 Å². The van der Waals surface area contributed by atoms with Crippen molar-refractivity contribution >= 4 is 46.8 Å². The summed E-state index contributed by atoms with van der Waals surface area (Å²) in [6.07, 6.45) is 0. The molecule has 0 saturated heterocycles. The first-order chi connectivity index (χ1) is 14.3. The van der Waals surface area contributed by atoms with E-state index in [2.05, 4.69) is 5.32 Å². The molecule has 1 N–H and O–H groups in total. The second kappa shape index (κ2) is 12.1. The van der Waals surface area contributed by atoms with Crippen LogP contribution < -0.4 is 10.1 Å². The van der Waals surface area contributed by atoms with Gasteiger partial charge in [0.2, 0.25) is 11.8 Å². The van der Waals surface area contributed by atoms with Gasteiger partial charge in [-0.25, -0.2) is 0 Å². The molecule has 0 unspecified atom stereocenters. The van der Waals surface area contributed by atoms with E-state index in [4.69, 9.17) is 27.9 Å². The van der Waals surface area contributed by atoms with Crippen LogP contribution in [-0.2, 0) is 21.9 Å². The lowest BCUT2D eigenvalue weighted by molar-refractivity contribution is -0.138. The number of hydrogen-bond acceptors (Lipinski definition) is 4. The Bertz CT molecular complexity index is 879. The monoisotopic (exact) mass is 468 g/mol. The van der Waals surface area contributed by atoms with Gasteiger partial charge < -0.3 is 15.0 Å². The summed E-state index contributed by atoms with van der Waals surface area (Å²) < 4.78 is 5.27. The number of nitrogens with zero attached hydrogens (tertiary/aromatic N) is 1. The van der Waals surface area contributed by atoms with Crippen molar-refractivity contribution in [3.05, 3.63) is 63.6 Å². The standard InChI is InChI=1S/C22H26Cl2N2O3S/c1-4-25-22(28)15(2)26(12-16-6-5-7-19(10-16)29-3)21(27)14-30-13-17-8-9-18(23)11-20(17)24/h5-11,15H,4,12-14H2,1-3H3,(H,25,28)/t15-/m0/s1. The molecule has 0 aromatic heterocycles. The Kier molecular flexibility index (Phi) is 9.82. The highest BCUT2D eigenvalue weighted by Crippen LogP contribution is 2.25. The number of methoxy groups -OCH3 is 1. The number of benzene rings is 2. The molecule has 0 aliphatic heterocycles. The zero-order valence-corrected chi connectivity index (χ0v) is 19.6. The maximum absolute atomic E-state index is 13.0. The quantitative estimate of drug-likeness (QED) is 0.544. The molecule has 30 heavy (non-hydrogen) atoms. The molecule has 0 heterocycles. The summed E-state index contributed by atoms with van der Waals surface area (Å²) in [4.78, 5) is 27.0. The summed E-state index contributed by atoms with van der Waals surface area (Å²) in [5, 5.41) is 3.94. The second-order valence-corrected chi connectivity index (χ2v) is 8.50. The lowest BCUT2D eigenvalue weighted by Gasteiger charge is -2.28. The molecule has 162 valence electrons. The van der Waals surface area contributed by atoms with Crippen molar-refractivity contribution in [2.75, 3.05) is 19.4 Å². The number of thioether (sulfide) groups is 1. The van der Waals surface area contributed by atoms with Gasteiger partial charge in [0.1, 0.15) is 11.8 Å². The Morgan fingerprint density at radius 1 is 1.20 bits per heavy atom. The van der Waals surface area contributed by atoms with Crippen molar-refractivity contribution in [1.29, 1.82) is 0 Å². The number of likely N-dealkylation sites (N-methyl/N-ethyl adjacent to an activating group) is 1. The van der Waals surface area contributed by atoms with E-state index < -0.39 is 6.04 Å². The molecule has 0 spiro atoms. The Labute approximate surface area is 192 Å². The van der Waals surface area contributed by atoms with Gasteiger partial charge in [0.15, 0.2) is 0 Å². The number of rotatable bonds is 10. The minimum Gasteiger partial charge on any atom is -0.497 e. The van der Waals surface area contributed by atoms with Gasteiger partial charge in [-0.05, 0) is 49.2 Å². The first kappa shape index (κ1) is 24.4. The fourth-order valence-electron chi connectivity index (χ4n) is 2.84. The third-order valence-electron chi connectivity index (χ3n) is 4.50. The predicted molar refractivity (Wildman–Crippen MR) is 124 cm³/mol. The average Bonchev–Trinajstić information content (AvgIpc) is 2.73. The molecule has 0 aliphatic carbocycles. The molecular weight excluding hydrogens is 443 g/mol. The lowest BCUT2D eigenvalue weighted by atomic mass is 10.1. The van der Waals surface area contributed by atoms with Crippen LogP contribution in [0.15, 0.2) is 42.5 Å². The third kappa shape index (κ3) is 7.11. The van der Waals surface area contributed by atoms with Gasteiger partial charge in [-0.3, -0.25) is 9.59 Å². The van der Waals surface area contributed by atoms with Gasteiger partial charge in [-0.15, -0.1) is 11.8 Å². The Balaban J connectivity index is 2.09. The highest BCUT2D eigenvalue weighted by atomic mass is 35.5. The van der Waals surface area contributed by atoms with Crippen molar-refractivity contribution < 1.29 is 14.3 Å². The third-order valence-corrected chi connectivity index (χ3v) is 6.06. The van der Waals surface area contributed by atoms with Crippen LogP contribution in [0, 0.1) is 0 Å². The van der Waals surface area contributed by atoms with Gasteiger partial charge in [0.05, 0.1) is 12.9 Å². The van der Waals surface area contributed by atoms with E-state index in [9.17, 15) is 9.59 Å². The fraction of sp³-hybridized carbons (Fsp3) is 0.364. The maximum atomic E-state index is 13.0. The van der Waals surface area contributed by atoms with Crippen LogP contribution in [0.25, 0.3) is 0 Å². The molecule has 0 saturated carbocycles. The molecule has 0 bridgehead atoms. The number of ether oxygens (including phenoxy) is 1. The zero-order valence-electron chi connectivity index (χ0n) is 17.3. The molecule has 5 nitrogen and oxygen atoms in total. The van der Waals surface area contributed by atoms with Crippen molar-refractivity contribution in [2.24, 2.45) is 0 Å². The van der Waals surface area contributed by atoms with Gasteiger partial charge >= 0.3 is 0 Å². The summed E-state index contributed by atoms with van der Waals surface area (Å²) in [6.45, 7) is 4.42. The fourth-order valence-corrected chi connectivity index (χ4v) is 4.31. The van der Waals surface area contributed by atoms with Crippen LogP contribution in [0.5, 0.6) is 5.75 Å². The van der Waals surface area contributed by atoms with Crippen LogP contribution in [0.2, 0.25) is 10.0 Å².